The number of carbonyl (C=O) groups excluding carboxylic acids is 2. The summed E-state index contributed by atoms with van der Waals surface area (Å²) in [5.74, 6) is 0.562. The molecule has 1 aliphatic rings. The van der Waals surface area contributed by atoms with Crippen molar-refractivity contribution in [2.45, 2.75) is 32.7 Å². The Morgan fingerprint density at radius 1 is 1.13 bits per heavy atom. The summed E-state index contributed by atoms with van der Waals surface area (Å²) in [5, 5.41) is 2.88. The highest BCUT2D eigenvalue weighted by molar-refractivity contribution is 5.97. The largest absolute Gasteiger partial charge is 0.492 e. The number of rotatable bonds is 8. The van der Waals surface area contributed by atoms with E-state index < -0.39 is 0 Å². The predicted molar refractivity (Wildman–Crippen MR) is 116 cm³/mol. The molecule has 1 aliphatic heterocycles. The molecule has 1 atom stereocenters. The molecule has 31 heavy (non-hydrogen) atoms. The van der Waals surface area contributed by atoms with Gasteiger partial charge < -0.3 is 19.7 Å². The summed E-state index contributed by atoms with van der Waals surface area (Å²) in [6.45, 7) is 5.41. The van der Waals surface area contributed by atoms with Gasteiger partial charge in [-0.05, 0) is 63.1 Å². The SMILES string of the molecule is CC(C)NC(=O)c1ccccc1OCC1CCCN(C(=O)COc2ccc(F)cc2)C1. The van der Waals surface area contributed by atoms with Crippen molar-refractivity contribution in [1.82, 2.24) is 10.2 Å². The molecule has 1 unspecified atom stereocenters. The van der Waals surface area contributed by atoms with E-state index in [1.165, 1.54) is 24.3 Å². The van der Waals surface area contributed by atoms with E-state index in [9.17, 15) is 14.0 Å². The molecule has 0 spiro atoms. The first-order chi connectivity index (χ1) is 14.9. The molecule has 7 heteroatoms. The molecule has 1 fully saturated rings. The third-order valence-corrected chi connectivity index (χ3v) is 5.07. The standard InChI is InChI=1S/C24H29FN2O4/c1-17(2)26-24(29)21-7-3-4-8-22(21)31-15-18-6-5-13-27(14-18)23(28)16-30-20-11-9-19(25)10-12-20/h3-4,7-12,17-18H,5-6,13-16H2,1-2H3,(H,26,29). The van der Waals surface area contributed by atoms with E-state index in [1.807, 2.05) is 26.0 Å². The van der Waals surface area contributed by atoms with Crippen LogP contribution in [0.4, 0.5) is 4.39 Å². The van der Waals surface area contributed by atoms with Crippen LogP contribution in [0.25, 0.3) is 0 Å². The molecule has 6 nitrogen and oxygen atoms in total. The maximum atomic E-state index is 13.0. The number of amides is 2. The van der Waals surface area contributed by atoms with Gasteiger partial charge in [-0.25, -0.2) is 4.39 Å². The Balaban J connectivity index is 1.51. The van der Waals surface area contributed by atoms with Crippen LogP contribution in [0.15, 0.2) is 48.5 Å². The smallest absolute Gasteiger partial charge is 0.260 e. The maximum Gasteiger partial charge on any atom is 0.260 e. The molecule has 2 amide bonds. The number of halogens is 1. The van der Waals surface area contributed by atoms with E-state index in [0.29, 0.717) is 36.8 Å². The summed E-state index contributed by atoms with van der Waals surface area (Å²) in [4.78, 5) is 26.7. The zero-order valence-electron chi connectivity index (χ0n) is 18.0. The highest BCUT2D eigenvalue weighted by Crippen LogP contribution is 2.22. The third-order valence-electron chi connectivity index (χ3n) is 5.07. The lowest BCUT2D eigenvalue weighted by Crippen LogP contribution is -2.43. The minimum Gasteiger partial charge on any atom is -0.492 e. The van der Waals surface area contributed by atoms with E-state index in [0.717, 1.165) is 12.8 Å². The van der Waals surface area contributed by atoms with Crippen molar-refractivity contribution in [1.29, 1.82) is 0 Å². The fraction of sp³-hybridized carbons (Fsp3) is 0.417. The lowest BCUT2D eigenvalue weighted by molar-refractivity contribution is -0.135. The first kappa shape index (κ1) is 22.6. The first-order valence-corrected chi connectivity index (χ1v) is 10.6. The van der Waals surface area contributed by atoms with E-state index in [-0.39, 0.29) is 36.2 Å². The molecule has 0 aromatic heterocycles. The summed E-state index contributed by atoms with van der Waals surface area (Å²) < 4.78 is 24.4. The summed E-state index contributed by atoms with van der Waals surface area (Å²) in [6, 6.07) is 12.8. The summed E-state index contributed by atoms with van der Waals surface area (Å²) in [6.07, 6.45) is 1.83. The Kier molecular flexibility index (Phi) is 7.87. The summed E-state index contributed by atoms with van der Waals surface area (Å²) >= 11 is 0. The van der Waals surface area contributed by atoms with Crippen LogP contribution in [0.2, 0.25) is 0 Å². The number of hydrogen-bond acceptors (Lipinski definition) is 4. The molecule has 1 saturated heterocycles. The van der Waals surface area contributed by atoms with Gasteiger partial charge in [0.1, 0.15) is 17.3 Å². The molecule has 2 aromatic rings. The van der Waals surface area contributed by atoms with Crippen LogP contribution in [0.5, 0.6) is 11.5 Å². The Bertz CT molecular complexity index is 885. The number of ether oxygens (including phenoxy) is 2. The second-order valence-corrected chi connectivity index (χ2v) is 8.03. The Hall–Kier alpha value is -3.09. The van der Waals surface area contributed by atoms with E-state index in [2.05, 4.69) is 5.32 Å². The van der Waals surface area contributed by atoms with Crippen molar-refractivity contribution < 1.29 is 23.5 Å². The summed E-state index contributed by atoms with van der Waals surface area (Å²) in [7, 11) is 0. The molecule has 1 heterocycles. The lowest BCUT2D eigenvalue weighted by atomic mass is 9.99. The van der Waals surface area contributed by atoms with Crippen LogP contribution < -0.4 is 14.8 Å². The van der Waals surface area contributed by atoms with Gasteiger partial charge in [-0.15, -0.1) is 0 Å². The Labute approximate surface area is 182 Å². The number of hydrogen-bond donors (Lipinski definition) is 1. The van der Waals surface area contributed by atoms with E-state index in [4.69, 9.17) is 9.47 Å². The van der Waals surface area contributed by atoms with Gasteiger partial charge >= 0.3 is 0 Å². The average Bonchev–Trinajstić information content (AvgIpc) is 2.77. The number of nitrogens with zero attached hydrogens (tertiary/aromatic N) is 1. The maximum absolute atomic E-state index is 13.0. The van der Waals surface area contributed by atoms with Gasteiger partial charge in [0.2, 0.25) is 0 Å². The Morgan fingerprint density at radius 3 is 2.61 bits per heavy atom. The molecule has 2 aromatic carbocycles. The second-order valence-electron chi connectivity index (χ2n) is 8.03. The van der Waals surface area contributed by atoms with Crippen LogP contribution in [-0.2, 0) is 4.79 Å². The van der Waals surface area contributed by atoms with Crippen molar-refractivity contribution in [3.8, 4) is 11.5 Å². The summed E-state index contributed by atoms with van der Waals surface area (Å²) in [5.41, 5.74) is 0.507. The molecule has 0 aliphatic carbocycles. The third kappa shape index (κ3) is 6.70. The molecular weight excluding hydrogens is 399 g/mol. The van der Waals surface area contributed by atoms with Crippen molar-refractivity contribution in [3.63, 3.8) is 0 Å². The van der Waals surface area contributed by atoms with Crippen molar-refractivity contribution >= 4 is 11.8 Å². The van der Waals surface area contributed by atoms with Gasteiger partial charge in [-0.3, -0.25) is 9.59 Å². The molecule has 3 rings (SSSR count). The van der Waals surface area contributed by atoms with Crippen LogP contribution in [0.1, 0.15) is 37.0 Å². The molecule has 0 radical (unpaired) electrons. The Morgan fingerprint density at radius 2 is 1.87 bits per heavy atom. The van der Waals surface area contributed by atoms with Gasteiger partial charge in [0.25, 0.3) is 11.8 Å². The van der Waals surface area contributed by atoms with Crippen molar-refractivity contribution in [3.05, 3.63) is 59.9 Å². The van der Waals surface area contributed by atoms with E-state index >= 15 is 0 Å². The number of para-hydroxylation sites is 1. The van der Waals surface area contributed by atoms with Gasteiger partial charge in [0, 0.05) is 25.0 Å². The second kappa shape index (κ2) is 10.8. The highest BCUT2D eigenvalue weighted by Gasteiger charge is 2.25. The number of piperidine rings is 1. The fourth-order valence-electron chi connectivity index (χ4n) is 3.52. The highest BCUT2D eigenvalue weighted by atomic mass is 19.1. The molecule has 0 bridgehead atoms. The van der Waals surface area contributed by atoms with E-state index in [1.54, 1.807) is 17.0 Å². The zero-order valence-corrected chi connectivity index (χ0v) is 18.0. The topological polar surface area (TPSA) is 67.9 Å². The van der Waals surface area contributed by atoms with Gasteiger partial charge in [-0.2, -0.15) is 0 Å². The average molecular weight is 429 g/mol. The molecular formula is C24H29FN2O4. The minimum atomic E-state index is -0.346. The van der Waals surface area contributed by atoms with Crippen LogP contribution in [0, 0.1) is 11.7 Å². The lowest BCUT2D eigenvalue weighted by Gasteiger charge is -2.32. The number of carbonyl (C=O) groups is 2. The number of benzene rings is 2. The van der Waals surface area contributed by atoms with Crippen molar-refractivity contribution in [2.75, 3.05) is 26.3 Å². The predicted octanol–water partition coefficient (Wildman–Crippen LogP) is 3.66. The van der Waals surface area contributed by atoms with Crippen LogP contribution in [0.3, 0.4) is 0 Å². The monoisotopic (exact) mass is 428 g/mol. The zero-order chi connectivity index (χ0) is 22.2. The van der Waals surface area contributed by atoms with Crippen LogP contribution >= 0.6 is 0 Å². The minimum absolute atomic E-state index is 0.0376. The van der Waals surface area contributed by atoms with Gasteiger partial charge in [0.05, 0.1) is 12.2 Å². The van der Waals surface area contributed by atoms with Gasteiger partial charge in [0.15, 0.2) is 6.61 Å². The van der Waals surface area contributed by atoms with Crippen LogP contribution in [-0.4, -0.2) is 49.1 Å². The van der Waals surface area contributed by atoms with Gasteiger partial charge in [-0.1, -0.05) is 12.1 Å². The molecule has 0 saturated carbocycles. The fourth-order valence-corrected chi connectivity index (χ4v) is 3.52. The van der Waals surface area contributed by atoms with Crippen molar-refractivity contribution in [2.24, 2.45) is 5.92 Å². The quantitative estimate of drug-likeness (QED) is 0.697. The number of likely N-dealkylation sites (tertiary alicyclic amines) is 1. The number of nitrogens with one attached hydrogen (secondary N) is 1. The molecule has 166 valence electrons. The normalized spacial score (nSPS) is 16.1. The first-order valence-electron chi connectivity index (χ1n) is 10.6. The molecule has 1 N–H and O–H groups in total.